The van der Waals surface area contributed by atoms with Gasteiger partial charge in [-0.2, -0.15) is 5.26 Å². The van der Waals surface area contributed by atoms with E-state index >= 15 is 0 Å². The number of halogens is 1. The van der Waals surface area contributed by atoms with E-state index in [9.17, 15) is 14.8 Å². The van der Waals surface area contributed by atoms with E-state index in [1.54, 1.807) is 0 Å². The van der Waals surface area contributed by atoms with Crippen molar-refractivity contribution in [2.24, 2.45) is 5.92 Å². The van der Waals surface area contributed by atoms with Gasteiger partial charge in [-0.15, -0.1) is 22.7 Å². The van der Waals surface area contributed by atoms with Gasteiger partial charge in [0.1, 0.15) is 5.41 Å². The molecule has 2 heterocycles. The number of hydrogen-bond acceptors (Lipinski definition) is 8. The van der Waals surface area contributed by atoms with Crippen LogP contribution in [0.15, 0.2) is 53.2 Å². The predicted molar refractivity (Wildman–Crippen MR) is 183 cm³/mol. The van der Waals surface area contributed by atoms with Crippen molar-refractivity contribution in [3.63, 3.8) is 0 Å². The van der Waals surface area contributed by atoms with Gasteiger partial charge in [0.15, 0.2) is 8.32 Å². The molecule has 1 fully saturated rings. The number of carbonyl (C=O) groups excluding carboxylic acids is 2. The lowest BCUT2D eigenvalue weighted by Crippen LogP contribution is -2.47. The summed E-state index contributed by atoms with van der Waals surface area (Å²) in [6.45, 7) is 12.2. The molecule has 0 aliphatic heterocycles. The zero-order chi connectivity index (χ0) is 32.1. The fraction of sp³-hybridized carbons (Fsp3) is 0.515. The highest BCUT2D eigenvalue weighted by Crippen LogP contribution is 2.50. The largest absolute Gasteiger partial charge is 0.413 e. The van der Waals surface area contributed by atoms with Crippen LogP contribution in [0.25, 0.3) is 0 Å². The number of amides is 1. The molecular formula is C33H45ClN2O5S2Si. The van der Waals surface area contributed by atoms with Crippen molar-refractivity contribution in [1.29, 1.82) is 0 Å². The van der Waals surface area contributed by atoms with E-state index in [4.69, 9.17) is 16.0 Å². The molecule has 0 spiro atoms. The Kier molecular flexibility index (Phi) is 11.5. The quantitative estimate of drug-likeness (QED) is 0.113. The number of thiophene rings is 2. The van der Waals surface area contributed by atoms with Crippen LogP contribution in [-0.2, 0) is 30.9 Å². The fourth-order valence-electron chi connectivity index (χ4n) is 5.82. The van der Waals surface area contributed by atoms with Gasteiger partial charge < -0.3 is 14.6 Å². The minimum atomic E-state index is -1.87. The molecule has 1 amide bonds. The molecule has 0 unspecified atom stereocenters. The lowest BCUT2D eigenvalue weighted by molar-refractivity contribution is -0.241. The Labute approximate surface area is 275 Å². The Balaban J connectivity index is 1.31. The van der Waals surface area contributed by atoms with E-state index in [1.807, 2.05) is 53.2 Å². The molecule has 1 aliphatic rings. The van der Waals surface area contributed by atoms with Gasteiger partial charge in [0.05, 0.1) is 17.3 Å². The van der Waals surface area contributed by atoms with Gasteiger partial charge in [0.25, 0.3) is 0 Å². The van der Waals surface area contributed by atoms with E-state index in [0.29, 0.717) is 30.3 Å². The summed E-state index contributed by atoms with van der Waals surface area (Å²) in [6.07, 6.45) is 3.70. The van der Waals surface area contributed by atoms with Crippen LogP contribution >= 0.6 is 34.3 Å². The van der Waals surface area contributed by atoms with Crippen LogP contribution in [0.5, 0.6) is 0 Å². The molecule has 1 saturated carbocycles. The fourth-order valence-corrected chi connectivity index (χ4v) is 9.11. The first kappa shape index (κ1) is 34.8. The maximum absolute atomic E-state index is 13.3. The first-order chi connectivity index (χ1) is 20.8. The van der Waals surface area contributed by atoms with Crippen molar-refractivity contribution in [3.05, 3.63) is 73.6 Å². The molecule has 2 N–H and O–H groups in total. The molecule has 1 aliphatic carbocycles. The molecule has 4 rings (SSSR count). The first-order valence-electron chi connectivity index (χ1n) is 15.2. The van der Waals surface area contributed by atoms with Gasteiger partial charge in [-0.05, 0) is 97.4 Å². The average molecular weight is 677 g/mol. The van der Waals surface area contributed by atoms with Crippen molar-refractivity contribution in [1.82, 2.24) is 4.90 Å². The number of nitrogens with one attached hydrogen (secondary N) is 1. The second-order valence-corrected chi connectivity index (χ2v) is 20.4. The molecule has 0 saturated heterocycles. The standard InChI is InChI=1S/C33H45ClN2O5S2Si/c1-32(2,3)44(5,6)40-22-23-11-16-27(26(34)21-23)35-30(37)17-18-36(4)25-14-12-24(13-15-25)33(31(38)41-39,28-9-7-19-42-28)29-10-8-20-43-29/h7-11,16,19-21,24-25,39H,12-15,17-18,22H2,1-6H3,(H,35,37). The van der Waals surface area contributed by atoms with Crippen molar-refractivity contribution in [3.8, 4) is 0 Å². The minimum Gasteiger partial charge on any atom is -0.413 e. The monoisotopic (exact) mass is 676 g/mol. The van der Waals surface area contributed by atoms with Crippen molar-refractivity contribution in [2.75, 3.05) is 18.9 Å². The first-order valence-corrected chi connectivity index (χ1v) is 20.2. The highest BCUT2D eigenvalue weighted by Gasteiger charge is 2.53. The summed E-state index contributed by atoms with van der Waals surface area (Å²) >= 11 is 9.57. The summed E-state index contributed by atoms with van der Waals surface area (Å²) in [5.41, 5.74) is 0.569. The highest BCUT2D eigenvalue weighted by atomic mass is 35.5. The number of hydrogen-bond donors (Lipinski definition) is 2. The van der Waals surface area contributed by atoms with Gasteiger partial charge in [0, 0.05) is 28.8 Å². The zero-order valence-electron chi connectivity index (χ0n) is 26.5. The van der Waals surface area contributed by atoms with Gasteiger partial charge in [0.2, 0.25) is 5.91 Å². The molecule has 240 valence electrons. The molecule has 7 nitrogen and oxygen atoms in total. The van der Waals surface area contributed by atoms with Crippen LogP contribution in [0.2, 0.25) is 23.2 Å². The molecule has 2 aromatic heterocycles. The molecule has 3 aromatic rings. The third-order valence-electron chi connectivity index (χ3n) is 9.56. The van der Waals surface area contributed by atoms with Crippen LogP contribution in [0, 0.1) is 5.92 Å². The van der Waals surface area contributed by atoms with Gasteiger partial charge >= 0.3 is 5.97 Å². The third kappa shape index (κ3) is 7.66. The number of carbonyl (C=O) groups is 2. The SMILES string of the molecule is CN(CCC(=O)Nc1ccc(CO[Si](C)(C)C(C)(C)C)cc1Cl)C1CCC(C(C(=O)OO)(c2cccs2)c2cccs2)CC1. The maximum Gasteiger partial charge on any atom is 0.358 e. The molecular weight excluding hydrogens is 632 g/mol. The predicted octanol–water partition coefficient (Wildman–Crippen LogP) is 8.81. The smallest absolute Gasteiger partial charge is 0.358 e. The van der Waals surface area contributed by atoms with E-state index in [0.717, 1.165) is 41.0 Å². The topological polar surface area (TPSA) is 88.1 Å². The summed E-state index contributed by atoms with van der Waals surface area (Å²) in [5.74, 6) is -0.715. The Morgan fingerprint density at radius 3 is 2.16 bits per heavy atom. The lowest BCUT2D eigenvalue weighted by atomic mass is 9.66. The Morgan fingerprint density at radius 2 is 1.66 bits per heavy atom. The Morgan fingerprint density at radius 1 is 1.05 bits per heavy atom. The van der Waals surface area contributed by atoms with Crippen LogP contribution in [0.4, 0.5) is 5.69 Å². The van der Waals surface area contributed by atoms with Crippen molar-refractivity contribution in [2.45, 2.75) is 89.1 Å². The second-order valence-electron chi connectivity index (χ2n) is 13.3. The molecule has 1 aromatic carbocycles. The average Bonchev–Trinajstić information content (AvgIpc) is 3.72. The zero-order valence-corrected chi connectivity index (χ0v) is 29.9. The summed E-state index contributed by atoms with van der Waals surface area (Å²) in [4.78, 5) is 34.6. The van der Waals surface area contributed by atoms with E-state index < -0.39 is 19.7 Å². The molecule has 11 heteroatoms. The summed E-state index contributed by atoms with van der Waals surface area (Å²) in [6, 6.07) is 13.7. The Hall–Kier alpha value is -2.05. The van der Waals surface area contributed by atoms with Gasteiger partial charge in [-0.25, -0.2) is 4.79 Å². The number of nitrogens with zero attached hydrogens (tertiary/aromatic N) is 1. The van der Waals surface area contributed by atoms with Crippen LogP contribution < -0.4 is 5.32 Å². The number of rotatable bonds is 12. The van der Waals surface area contributed by atoms with E-state index in [2.05, 4.69) is 56.0 Å². The highest BCUT2D eigenvalue weighted by molar-refractivity contribution is 7.12. The number of benzene rings is 1. The molecule has 0 bridgehead atoms. The van der Waals surface area contributed by atoms with Gasteiger partial charge in [-0.1, -0.05) is 50.6 Å². The van der Waals surface area contributed by atoms with Crippen molar-refractivity contribution >= 4 is 60.2 Å². The van der Waals surface area contributed by atoms with Crippen LogP contribution in [0.3, 0.4) is 0 Å². The van der Waals surface area contributed by atoms with E-state index in [1.165, 1.54) is 22.7 Å². The summed E-state index contributed by atoms with van der Waals surface area (Å²) in [5, 5.41) is 17.1. The summed E-state index contributed by atoms with van der Waals surface area (Å²) < 4.78 is 6.31. The number of anilines is 1. The van der Waals surface area contributed by atoms with Crippen LogP contribution in [0.1, 0.15) is 68.2 Å². The van der Waals surface area contributed by atoms with Crippen LogP contribution in [-0.4, -0.2) is 50.0 Å². The lowest BCUT2D eigenvalue weighted by Gasteiger charge is -2.42. The van der Waals surface area contributed by atoms with Crippen molar-refractivity contribution < 1.29 is 24.2 Å². The molecule has 0 radical (unpaired) electrons. The van der Waals surface area contributed by atoms with E-state index in [-0.39, 0.29) is 22.9 Å². The second kappa shape index (κ2) is 14.6. The van der Waals surface area contributed by atoms with Gasteiger partial charge in [-0.3, -0.25) is 9.68 Å². The Bertz CT molecular complexity index is 1350. The summed E-state index contributed by atoms with van der Waals surface area (Å²) in [7, 11) is 0.178. The molecule has 0 atom stereocenters. The minimum absolute atomic E-state index is 0.00945. The normalized spacial score (nSPS) is 17.9. The third-order valence-corrected chi connectivity index (χ3v) is 16.4. The molecule has 44 heavy (non-hydrogen) atoms. The maximum atomic E-state index is 13.3.